The second-order valence-electron chi connectivity index (χ2n) is 7.73. The van der Waals surface area contributed by atoms with Crippen molar-refractivity contribution in [1.82, 2.24) is 10.2 Å². The van der Waals surface area contributed by atoms with E-state index >= 15 is 0 Å². The molecule has 0 N–H and O–H groups in total. The Morgan fingerprint density at radius 3 is 2.41 bits per heavy atom. The Morgan fingerprint density at radius 2 is 1.84 bits per heavy atom. The zero-order valence-corrected chi connectivity index (χ0v) is 23.1. The minimum Gasteiger partial charge on any atom is -0.497 e. The second-order valence-corrected chi connectivity index (χ2v) is 10.3. The highest BCUT2D eigenvalue weighted by atomic mass is 79.9. The van der Waals surface area contributed by atoms with E-state index in [1.165, 1.54) is 38.6 Å². The van der Waals surface area contributed by atoms with Gasteiger partial charge in [0.15, 0.2) is 5.82 Å². The highest BCUT2D eigenvalue weighted by Crippen LogP contribution is 2.37. The third-order valence-corrected chi connectivity index (χ3v) is 7.44. The quantitative estimate of drug-likeness (QED) is 0.315. The first-order chi connectivity index (χ1) is 17.6. The zero-order chi connectivity index (χ0) is 27.2. The molecule has 0 spiro atoms. The van der Waals surface area contributed by atoms with Crippen molar-refractivity contribution < 1.29 is 27.1 Å². The SMILES string of the molecule is CC/C=C(\C)N(C(=O)S(=O)(=O)N(Cc1ccc(OC)cc1)c1cccnn1)c1cc(F)c(Br)cc1OC. The van der Waals surface area contributed by atoms with Gasteiger partial charge in [0, 0.05) is 18.0 Å². The van der Waals surface area contributed by atoms with Gasteiger partial charge in [0.05, 0.1) is 30.9 Å². The molecule has 9 nitrogen and oxygen atoms in total. The zero-order valence-electron chi connectivity index (χ0n) is 20.7. The number of aromatic nitrogens is 2. The number of hydrogen-bond donors (Lipinski definition) is 0. The number of benzene rings is 2. The van der Waals surface area contributed by atoms with Crippen LogP contribution < -0.4 is 18.7 Å². The van der Waals surface area contributed by atoms with Crippen molar-refractivity contribution in [2.75, 3.05) is 23.4 Å². The van der Waals surface area contributed by atoms with Gasteiger partial charge in [-0.25, -0.2) is 8.70 Å². The lowest BCUT2D eigenvalue weighted by Crippen LogP contribution is -2.44. The van der Waals surface area contributed by atoms with Crippen LogP contribution in [0, 0.1) is 5.82 Å². The first-order valence-corrected chi connectivity index (χ1v) is 13.3. The number of hydrogen-bond acceptors (Lipinski definition) is 7. The lowest BCUT2D eigenvalue weighted by atomic mass is 10.2. The summed E-state index contributed by atoms with van der Waals surface area (Å²) in [7, 11) is -1.91. The average Bonchev–Trinajstić information content (AvgIpc) is 2.90. The summed E-state index contributed by atoms with van der Waals surface area (Å²) in [4.78, 5) is 14.8. The van der Waals surface area contributed by atoms with Crippen LogP contribution in [0.4, 0.5) is 20.7 Å². The van der Waals surface area contributed by atoms with E-state index in [0.717, 1.165) is 15.3 Å². The van der Waals surface area contributed by atoms with Gasteiger partial charge < -0.3 is 9.47 Å². The first-order valence-electron chi connectivity index (χ1n) is 11.1. The van der Waals surface area contributed by atoms with Crippen molar-refractivity contribution in [2.24, 2.45) is 0 Å². The lowest BCUT2D eigenvalue weighted by Gasteiger charge is -2.29. The van der Waals surface area contributed by atoms with Gasteiger partial charge in [0.2, 0.25) is 0 Å². The first kappa shape index (κ1) is 28.1. The third-order valence-electron chi connectivity index (χ3n) is 5.31. The number of nitrogens with zero attached hydrogens (tertiary/aromatic N) is 4. The van der Waals surface area contributed by atoms with Gasteiger partial charge >= 0.3 is 15.3 Å². The molecule has 0 saturated heterocycles. The number of sulfonamides is 1. The molecule has 37 heavy (non-hydrogen) atoms. The lowest BCUT2D eigenvalue weighted by molar-refractivity contribution is 0.263. The predicted molar refractivity (Wildman–Crippen MR) is 143 cm³/mol. The summed E-state index contributed by atoms with van der Waals surface area (Å²) in [5, 5.41) is 6.39. The Kier molecular flexibility index (Phi) is 9.22. The van der Waals surface area contributed by atoms with E-state index in [0.29, 0.717) is 17.7 Å². The van der Waals surface area contributed by atoms with Crippen molar-refractivity contribution in [3.05, 3.63) is 82.4 Å². The third kappa shape index (κ3) is 6.25. The molecular formula is C25H26BrFN4O5S. The van der Waals surface area contributed by atoms with Crippen LogP contribution in [0.15, 0.2) is 71.0 Å². The van der Waals surface area contributed by atoms with Crippen LogP contribution in [0.3, 0.4) is 0 Å². The summed E-state index contributed by atoms with van der Waals surface area (Å²) >= 11 is 3.09. The highest BCUT2D eigenvalue weighted by molar-refractivity contribution is 9.10. The molecule has 196 valence electrons. The van der Waals surface area contributed by atoms with E-state index in [1.807, 2.05) is 6.92 Å². The number of ether oxygens (including phenoxy) is 2. The minimum absolute atomic E-state index is 0.0577. The van der Waals surface area contributed by atoms with E-state index in [9.17, 15) is 17.6 Å². The number of allylic oxidation sites excluding steroid dienone is 2. The van der Waals surface area contributed by atoms with E-state index in [-0.39, 0.29) is 34.0 Å². The summed E-state index contributed by atoms with van der Waals surface area (Å²) in [5.74, 6) is -0.0662. The molecule has 0 aliphatic carbocycles. The number of carbonyl (C=O) groups is 1. The number of rotatable bonds is 9. The molecule has 1 aromatic heterocycles. The molecule has 0 fully saturated rings. The Labute approximate surface area is 223 Å². The maximum Gasteiger partial charge on any atom is 0.368 e. The fourth-order valence-electron chi connectivity index (χ4n) is 3.50. The van der Waals surface area contributed by atoms with Gasteiger partial charge in [-0.2, -0.15) is 13.5 Å². The van der Waals surface area contributed by atoms with Gasteiger partial charge in [-0.05, 0) is 65.2 Å². The smallest absolute Gasteiger partial charge is 0.368 e. The molecular weight excluding hydrogens is 567 g/mol. The van der Waals surface area contributed by atoms with Crippen LogP contribution >= 0.6 is 15.9 Å². The monoisotopic (exact) mass is 592 g/mol. The predicted octanol–water partition coefficient (Wildman–Crippen LogP) is 5.67. The number of amides is 1. The van der Waals surface area contributed by atoms with Crippen molar-refractivity contribution in [3.8, 4) is 11.5 Å². The molecule has 2 aromatic carbocycles. The molecule has 0 atom stereocenters. The summed E-state index contributed by atoms with van der Waals surface area (Å²) < 4.78 is 53.9. The van der Waals surface area contributed by atoms with E-state index < -0.39 is 21.1 Å². The number of carbonyl (C=O) groups excluding carboxylic acids is 1. The molecule has 0 unspecified atom stereocenters. The van der Waals surface area contributed by atoms with Crippen LogP contribution in [-0.4, -0.2) is 38.1 Å². The molecule has 0 saturated carbocycles. The Hall–Kier alpha value is -3.51. The van der Waals surface area contributed by atoms with Crippen LogP contribution in [-0.2, 0) is 16.6 Å². The van der Waals surface area contributed by atoms with Gasteiger partial charge in [-0.15, -0.1) is 5.10 Å². The summed E-state index contributed by atoms with van der Waals surface area (Å²) in [6, 6.07) is 12.0. The number of methoxy groups -OCH3 is 2. The highest BCUT2D eigenvalue weighted by Gasteiger charge is 2.38. The molecule has 12 heteroatoms. The normalized spacial score (nSPS) is 11.7. The van der Waals surface area contributed by atoms with Crippen molar-refractivity contribution in [1.29, 1.82) is 0 Å². The van der Waals surface area contributed by atoms with Gasteiger partial charge in [0.25, 0.3) is 0 Å². The molecule has 3 rings (SSSR count). The van der Waals surface area contributed by atoms with Crippen molar-refractivity contribution >= 4 is 42.7 Å². The minimum atomic E-state index is -4.77. The second kappa shape index (κ2) is 12.2. The van der Waals surface area contributed by atoms with Gasteiger partial charge in [-0.1, -0.05) is 25.1 Å². The largest absolute Gasteiger partial charge is 0.497 e. The van der Waals surface area contributed by atoms with E-state index in [1.54, 1.807) is 37.3 Å². The average molecular weight is 593 g/mol. The topological polar surface area (TPSA) is 102 Å². The van der Waals surface area contributed by atoms with E-state index in [2.05, 4.69) is 26.1 Å². The van der Waals surface area contributed by atoms with Crippen LogP contribution in [0.2, 0.25) is 0 Å². The Balaban J connectivity index is 2.16. The summed E-state index contributed by atoms with van der Waals surface area (Å²) in [5.41, 5.74) is 0.782. The molecule has 0 radical (unpaired) electrons. The molecule has 1 heterocycles. The van der Waals surface area contributed by atoms with Crippen LogP contribution in [0.1, 0.15) is 25.8 Å². The molecule has 1 amide bonds. The molecule has 3 aromatic rings. The van der Waals surface area contributed by atoms with Gasteiger partial charge in [-0.3, -0.25) is 9.69 Å². The maximum absolute atomic E-state index is 14.6. The fourth-order valence-corrected chi connectivity index (χ4v) is 5.14. The fraction of sp³-hybridized carbons (Fsp3) is 0.240. The standard InChI is InChI=1S/C25H26BrFN4O5S/c1-5-7-17(2)31(22-15-21(27)20(26)14-23(22)36-4)25(32)37(33,34)30(24-8-6-13-28-29-24)16-18-9-11-19(35-3)12-10-18/h6-15H,5,16H2,1-4H3/b17-7+. The maximum atomic E-state index is 14.6. The van der Waals surface area contributed by atoms with Crippen molar-refractivity contribution in [3.63, 3.8) is 0 Å². The van der Waals surface area contributed by atoms with Crippen LogP contribution in [0.5, 0.6) is 11.5 Å². The summed E-state index contributed by atoms with van der Waals surface area (Å²) in [6.45, 7) is 3.18. The van der Waals surface area contributed by atoms with E-state index in [4.69, 9.17) is 9.47 Å². The molecule has 0 bridgehead atoms. The number of anilines is 2. The molecule has 0 aliphatic rings. The van der Waals surface area contributed by atoms with Crippen molar-refractivity contribution in [2.45, 2.75) is 26.8 Å². The van der Waals surface area contributed by atoms with Crippen LogP contribution in [0.25, 0.3) is 0 Å². The van der Waals surface area contributed by atoms with Gasteiger partial charge in [0.1, 0.15) is 17.3 Å². The Bertz CT molecular complexity index is 1390. The molecule has 0 aliphatic heterocycles. The Morgan fingerprint density at radius 1 is 1.14 bits per heavy atom. The summed E-state index contributed by atoms with van der Waals surface area (Å²) in [6.07, 6.45) is 3.54. The number of halogens is 2.